The lowest BCUT2D eigenvalue weighted by Crippen LogP contribution is -2.63. The summed E-state index contributed by atoms with van der Waals surface area (Å²) in [7, 11) is 0.882. The average Bonchev–Trinajstić information content (AvgIpc) is 3.82. The van der Waals surface area contributed by atoms with Crippen molar-refractivity contribution in [2.24, 2.45) is 10.8 Å². The maximum Gasteiger partial charge on any atom is 0.408 e. The maximum atomic E-state index is 15.8. The van der Waals surface area contributed by atoms with E-state index in [1.54, 1.807) is 45.0 Å². The van der Waals surface area contributed by atoms with E-state index in [1.165, 1.54) is 0 Å². The molecule has 0 saturated heterocycles. The molecule has 1 heterocycles. The van der Waals surface area contributed by atoms with Gasteiger partial charge in [0.2, 0.25) is 5.91 Å². The van der Waals surface area contributed by atoms with Crippen molar-refractivity contribution in [2.75, 3.05) is 13.7 Å². The van der Waals surface area contributed by atoms with Crippen LogP contribution in [0.5, 0.6) is 0 Å². The Hall–Kier alpha value is -4.71. The second-order valence-corrected chi connectivity index (χ2v) is 17.3. The largest absolute Gasteiger partial charge is 0.453 e. The summed E-state index contributed by atoms with van der Waals surface area (Å²) in [5.74, 6) is -4.76. The van der Waals surface area contributed by atoms with Crippen molar-refractivity contribution in [1.82, 2.24) is 36.2 Å². The number of methoxy groups -OCH3 is 1. The topological polar surface area (TPSA) is 176 Å². The van der Waals surface area contributed by atoms with E-state index >= 15 is 8.78 Å². The van der Waals surface area contributed by atoms with Crippen molar-refractivity contribution in [3.63, 3.8) is 0 Å². The molecule has 1 aliphatic carbocycles. The lowest BCUT2D eigenvalue weighted by molar-refractivity contribution is -0.220. The van der Waals surface area contributed by atoms with Crippen molar-refractivity contribution in [3.05, 3.63) is 75.0 Å². The fraction of sp³-hybridized carbons (Fsp3) is 0.513. The number of aliphatic hydroxyl groups is 1. The van der Waals surface area contributed by atoms with Crippen molar-refractivity contribution < 1.29 is 64.5 Å². The molecular formula is C39H47F7IN7O7. The normalized spacial score (nSPS) is 15.4. The first-order chi connectivity index (χ1) is 28.3. The maximum absolute atomic E-state index is 15.8. The summed E-state index contributed by atoms with van der Waals surface area (Å²) in [6, 6.07) is 4.20. The monoisotopic (exact) mass is 985 g/mol. The number of hydrazine groups is 1. The van der Waals surface area contributed by atoms with Gasteiger partial charge in [-0.05, 0) is 97.0 Å². The average molecular weight is 986 g/mol. The molecule has 1 aliphatic rings. The van der Waals surface area contributed by atoms with Gasteiger partial charge in [-0.15, -0.1) is 0 Å². The molecule has 1 fully saturated rings. The number of carbonyl (C=O) groups excluding carboxylic acids is 4. The molecular weight excluding hydrogens is 938 g/mol. The fourth-order valence-corrected chi connectivity index (χ4v) is 6.28. The van der Waals surface area contributed by atoms with Crippen LogP contribution >= 0.6 is 22.6 Å². The number of rotatable bonds is 17. The van der Waals surface area contributed by atoms with Gasteiger partial charge in [0.25, 0.3) is 5.91 Å². The number of halogens is 8. The zero-order chi connectivity index (χ0) is 45.6. The van der Waals surface area contributed by atoms with Crippen LogP contribution in [0.25, 0.3) is 11.3 Å². The minimum atomic E-state index is -5.04. The van der Waals surface area contributed by atoms with E-state index in [2.05, 4.69) is 25.9 Å². The zero-order valence-electron chi connectivity index (χ0n) is 33.9. The Morgan fingerprint density at radius 1 is 0.918 bits per heavy atom. The minimum Gasteiger partial charge on any atom is -0.453 e. The Labute approximate surface area is 360 Å². The van der Waals surface area contributed by atoms with Gasteiger partial charge in [-0.1, -0.05) is 32.9 Å². The van der Waals surface area contributed by atoms with E-state index < -0.39 is 102 Å². The van der Waals surface area contributed by atoms with Crippen LogP contribution in [0, 0.1) is 26.0 Å². The number of ether oxygens (including phenoxy) is 2. The number of nitrogens with one attached hydrogen (secondary N) is 4. The summed E-state index contributed by atoms with van der Waals surface area (Å²) in [6.45, 7) is 1.54. The van der Waals surface area contributed by atoms with Crippen LogP contribution in [-0.2, 0) is 32.0 Å². The van der Waals surface area contributed by atoms with Crippen molar-refractivity contribution in [2.45, 2.75) is 103 Å². The molecule has 0 bridgehead atoms. The molecule has 61 heavy (non-hydrogen) atoms. The van der Waals surface area contributed by atoms with Crippen molar-refractivity contribution in [1.29, 1.82) is 0 Å². The lowest BCUT2D eigenvalue weighted by atomic mass is 9.82. The van der Waals surface area contributed by atoms with E-state index in [4.69, 9.17) is 4.74 Å². The van der Waals surface area contributed by atoms with Crippen molar-refractivity contribution in [3.8, 4) is 11.3 Å². The minimum absolute atomic E-state index is 0.190. The SMILES string of the molecule is COC(=O)N[C@H](C(=O)N[C@@H](Cc1ccc(I)cc1)[C@@H](O)CN(Cc1c(F)cc(-c2ccn(C(F)F)n2)cc1F)NC(=O)[C@@H](NC(=O)OC1CC1)C(C)(C)C)C(C)(C)C(F)(F)F. The summed E-state index contributed by atoms with van der Waals surface area (Å²) < 4.78 is 112. The van der Waals surface area contributed by atoms with Gasteiger partial charge >= 0.3 is 24.9 Å². The number of alkyl carbamates (subject to hydrolysis) is 2. The third-order valence-electron chi connectivity index (χ3n) is 9.78. The lowest BCUT2D eigenvalue weighted by Gasteiger charge is -2.37. The van der Waals surface area contributed by atoms with Gasteiger partial charge in [0.15, 0.2) is 0 Å². The van der Waals surface area contributed by atoms with Crippen LogP contribution < -0.4 is 21.4 Å². The van der Waals surface area contributed by atoms with Gasteiger partial charge in [-0.25, -0.2) is 28.1 Å². The molecule has 2 aromatic carbocycles. The van der Waals surface area contributed by atoms with E-state index in [1.807, 2.05) is 27.9 Å². The van der Waals surface area contributed by atoms with Gasteiger partial charge in [0, 0.05) is 34.0 Å². The van der Waals surface area contributed by atoms with E-state index in [9.17, 15) is 46.2 Å². The first-order valence-electron chi connectivity index (χ1n) is 18.8. The molecule has 0 radical (unpaired) electrons. The predicted octanol–water partition coefficient (Wildman–Crippen LogP) is 6.37. The number of benzene rings is 2. The number of amides is 4. The first kappa shape index (κ1) is 49.0. The third kappa shape index (κ3) is 13.4. The molecule has 0 aliphatic heterocycles. The Morgan fingerprint density at radius 2 is 1.51 bits per heavy atom. The predicted molar refractivity (Wildman–Crippen MR) is 213 cm³/mol. The molecule has 4 amide bonds. The molecule has 14 nitrogen and oxygen atoms in total. The Balaban J connectivity index is 1.74. The summed E-state index contributed by atoms with van der Waals surface area (Å²) in [5, 5.41) is 23.1. The van der Waals surface area contributed by atoms with E-state index in [0.29, 0.717) is 32.3 Å². The summed E-state index contributed by atoms with van der Waals surface area (Å²) in [4.78, 5) is 52.6. The van der Waals surface area contributed by atoms with Gasteiger partial charge < -0.3 is 30.5 Å². The zero-order valence-corrected chi connectivity index (χ0v) is 36.0. The number of carbonyl (C=O) groups is 4. The van der Waals surface area contributed by atoms with Crippen LogP contribution in [0.15, 0.2) is 48.7 Å². The van der Waals surface area contributed by atoms with Gasteiger partial charge in [0.05, 0.1) is 30.4 Å². The molecule has 5 N–H and O–H groups in total. The number of hydrogen-bond donors (Lipinski definition) is 5. The van der Waals surface area contributed by atoms with Gasteiger partial charge in [0.1, 0.15) is 29.8 Å². The van der Waals surface area contributed by atoms with Gasteiger partial charge in [-0.2, -0.15) is 27.1 Å². The number of alkyl halides is 5. The molecule has 4 rings (SSSR count). The van der Waals surface area contributed by atoms with Crippen LogP contribution in [-0.4, -0.2) is 94.1 Å². The highest BCUT2D eigenvalue weighted by atomic mass is 127. The highest BCUT2D eigenvalue weighted by Gasteiger charge is 2.56. The molecule has 1 aromatic heterocycles. The van der Waals surface area contributed by atoms with Crippen LogP contribution in [0.3, 0.4) is 0 Å². The number of nitrogens with zero attached hydrogens (tertiary/aromatic N) is 3. The second-order valence-electron chi connectivity index (χ2n) is 16.1. The van der Waals surface area contributed by atoms with Gasteiger partial charge in [-0.3, -0.25) is 15.0 Å². The smallest absolute Gasteiger partial charge is 0.408 e. The van der Waals surface area contributed by atoms with Crippen molar-refractivity contribution >= 4 is 46.6 Å². The quantitative estimate of drug-likeness (QED) is 0.0585. The first-order valence-corrected chi connectivity index (χ1v) is 19.9. The summed E-state index contributed by atoms with van der Waals surface area (Å²) in [5.41, 5.74) is -2.05. The molecule has 3 aromatic rings. The second kappa shape index (κ2) is 20.0. The fourth-order valence-electron chi connectivity index (χ4n) is 5.92. The molecule has 0 unspecified atom stereocenters. The van der Waals surface area contributed by atoms with Crippen LogP contribution in [0.2, 0.25) is 0 Å². The Bertz CT molecular complexity index is 2000. The molecule has 0 spiro atoms. The highest BCUT2D eigenvalue weighted by molar-refractivity contribution is 14.1. The summed E-state index contributed by atoms with van der Waals surface area (Å²) in [6.07, 6.45) is -7.58. The standard InChI is InChI=1S/C39H47F7IN7O7/c1-37(2,3)30(49-36(59)61-23-11-12-23)33(57)52-53(18-24-25(40)16-21(17-26(24)41)27-13-14-54(51-27)34(42)43)19-29(55)28(15-20-7-9-22(47)10-8-20)48-32(56)31(50-35(58)60-6)38(4,5)39(44,45)46/h7-10,13-14,16-17,23,28-31,34,55H,11-12,15,18-19H2,1-6H3,(H,48,56)(H,49,59)(H,50,58)(H,52,57)/t28-,29-,30+,31+/m0/s1. The van der Waals surface area contributed by atoms with Crippen LogP contribution in [0.1, 0.15) is 65.1 Å². The van der Waals surface area contributed by atoms with E-state index in [-0.39, 0.29) is 28.5 Å². The third-order valence-corrected chi connectivity index (χ3v) is 10.5. The molecule has 1 saturated carbocycles. The number of hydrogen-bond acceptors (Lipinski definition) is 9. The molecule has 336 valence electrons. The Morgan fingerprint density at radius 3 is 2.02 bits per heavy atom. The Kier molecular flexibility index (Phi) is 16.0. The number of aliphatic hydroxyl groups excluding tert-OH is 1. The molecule has 4 atom stereocenters. The number of aromatic nitrogens is 2. The summed E-state index contributed by atoms with van der Waals surface area (Å²) >= 11 is 2.03. The molecule has 22 heteroatoms. The van der Waals surface area contributed by atoms with Crippen LogP contribution in [0.4, 0.5) is 40.3 Å². The van der Waals surface area contributed by atoms with E-state index in [0.717, 1.165) is 40.1 Å². The highest BCUT2D eigenvalue weighted by Crippen LogP contribution is 2.40.